The van der Waals surface area contributed by atoms with E-state index >= 15 is 0 Å². The summed E-state index contributed by atoms with van der Waals surface area (Å²) in [6.45, 7) is 1.87. The minimum absolute atomic E-state index is 0.629. The molecule has 0 aliphatic heterocycles. The van der Waals surface area contributed by atoms with Crippen LogP contribution >= 0.6 is 0 Å². The number of furan rings is 1. The van der Waals surface area contributed by atoms with E-state index in [4.69, 9.17) is 4.42 Å². The molecule has 3 aromatic rings. The van der Waals surface area contributed by atoms with Crippen LogP contribution in [0.5, 0.6) is 0 Å². The zero-order valence-electron chi connectivity index (χ0n) is 10.4. The van der Waals surface area contributed by atoms with Gasteiger partial charge in [0.15, 0.2) is 5.82 Å². The van der Waals surface area contributed by atoms with Gasteiger partial charge in [-0.15, -0.1) is 5.10 Å². The van der Waals surface area contributed by atoms with E-state index in [2.05, 4.69) is 20.7 Å². The van der Waals surface area contributed by atoms with Crippen molar-refractivity contribution >= 4 is 22.3 Å². The predicted octanol–water partition coefficient (Wildman–Crippen LogP) is 3.06. The van der Waals surface area contributed by atoms with E-state index in [1.165, 1.54) is 0 Å². The number of aromatic nitrogens is 2. The highest BCUT2D eigenvalue weighted by Crippen LogP contribution is 2.19. The number of hydrogen-bond acceptors (Lipinski definition) is 5. The molecule has 0 fully saturated rings. The minimum atomic E-state index is 0.629. The smallest absolute Gasteiger partial charge is 0.176 e. The number of nitrogens with one attached hydrogen (secondary N) is 1. The fourth-order valence-corrected chi connectivity index (χ4v) is 1.79. The SMILES string of the molecule is C/C(=N/Nc1nncc2ccccc12)c1ccco1. The normalized spacial score (nSPS) is 11.7. The summed E-state index contributed by atoms with van der Waals surface area (Å²) < 4.78 is 5.26. The summed E-state index contributed by atoms with van der Waals surface area (Å²) in [5, 5.41) is 14.3. The Bertz CT molecular complexity index is 714. The van der Waals surface area contributed by atoms with Crippen LogP contribution in [0, 0.1) is 0 Å². The van der Waals surface area contributed by atoms with Crippen LogP contribution in [-0.4, -0.2) is 15.9 Å². The highest BCUT2D eigenvalue weighted by atomic mass is 16.3. The highest BCUT2D eigenvalue weighted by Gasteiger charge is 2.03. The Kier molecular flexibility index (Phi) is 2.94. The molecule has 0 unspecified atom stereocenters. The van der Waals surface area contributed by atoms with Gasteiger partial charge in [-0.3, -0.25) is 5.43 Å². The molecule has 2 aromatic heterocycles. The van der Waals surface area contributed by atoms with E-state index in [0.717, 1.165) is 22.2 Å². The summed E-state index contributed by atoms with van der Waals surface area (Å²) in [4.78, 5) is 0. The zero-order chi connectivity index (χ0) is 13.1. The van der Waals surface area contributed by atoms with Gasteiger partial charge >= 0.3 is 0 Å². The molecule has 0 amide bonds. The molecule has 19 heavy (non-hydrogen) atoms. The molecule has 0 saturated carbocycles. The van der Waals surface area contributed by atoms with Crippen molar-refractivity contribution in [3.63, 3.8) is 0 Å². The van der Waals surface area contributed by atoms with Crippen molar-refractivity contribution in [2.45, 2.75) is 6.92 Å². The molecule has 0 saturated heterocycles. The van der Waals surface area contributed by atoms with Crippen LogP contribution in [0.2, 0.25) is 0 Å². The van der Waals surface area contributed by atoms with Crippen LogP contribution in [0.4, 0.5) is 5.82 Å². The first-order valence-electron chi connectivity index (χ1n) is 5.89. The molecule has 0 aliphatic rings. The van der Waals surface area contributed by atoms with E-state index < -0.39 is 0 Å². The lowest BCUT2D eigenvalue weighted by Gasteiger charge is -2.03. The lowest BCUT2D eigenvalue weighted by Crippen LogP contribution is -2.01. The van der Waals surface area contributed by atoms with Crippen LogP contribution in [-0.2, 0) is 0 Å². The lowest BCUT2D eigenvalue weighted by atomic mass is 10.2. The second-order valence-electron chi connectivity index (χ2n) is 4.07. The topological polar surface area (TPSA) is 63.3 Å². The molecule has 0 aliphatic carbocycles. The van der Waals surface area contributed by atoms with Crippen molar-refractivity contribution < 1.29 is 4.42 Å². The first-order valence-corrected chi connectivity index (χ1v) is 5.89. The summed E-state index contributed by atoms with van der Waals surface area (Å²) in [6.07, 6.45) is 3.34. The number of hydrazone groups is 1. The Labute approximate surface area is 110 Å². The number of benzene rings is 1. The number of hydrogen-bond donors (Lipinski definition) is 1. The molecule has 0 bridgehead atoms. The molecule has 2 heterocycles. The van der Waals surface area contributed by atoms with Gasteiger partial charge in [-0.1, -0.05) is 24.3 Å². The van der Waals surface area contributed by atoms with Crippen LogP contribution < -0.4 is 5.43 Å². The molecular formula is C14H12N4O. The Hall–Kier alpha value is -2.69. The van der Waals surface area contributed by atoms with Crippen molar-refractivity contribution in [3.8, 4) is 0 Å². The third-order valence-corrected chi connectivity index (χ3v) is 2.78. The third-order valence-electron chi connectivity index (χ3n) is 2.78. The van der Waals surface area contributed by atoms with Crippen LogP contribution in [0.1, 0.15) is 12.7 Å². The summed E-state index contributed by atoms with van der Waals surface area (Å²) in [5.74, 6) is 1.35. The van der Waals surface area contributed by atoms with Gasteiger partial charge in [0.2, 0.25) is 0 Å². The quantitative estimate of drug-likeness (QED) is 0.574. The van der Waals surface area contributed by atoms with Gasteiger partial charge in [-0.2, -0.15) is 10.2 Å². The highest BCUT2D eigenvalue weighted by molar-refractivity contribution is 5.97. The molecule has 0 spiro atoms. The van der Waals surface area contributed by atoms with Gasteiger partial charge in [-0.05, 0) is 19.1 Å². The number of nitrogens with zero attached hydrogens (tertiary/aromatic N) is 3. The van der Waals surface area contributed by atoms with Gasteiger partial charge < -0.3 is 4.42 Å². The molecule has 0 atom stereocenters. The monoisotopic (exact) mass is 252 g/mol. The maximum atomic E-state index is 5.26. The average Bonchev–Trinajstić information content (AvgIpc) is 2.99. The summed E-state index contributed by atoms with van der Waals surface area (Å²) in [7, 11) is 0. The van der Waals surface area contributed by atoms with Crippen molar-refractivity contribution in [1.29, 1.82) is 0 Å². The predicted molar refractivity (Wildman–Crippen MR) is 74.1 cm³/mol. The van der Waals surface area contributed by atoms with Crippen molar-refractivity contribution in [3.05, 3.63) is 54.6 Å². The second-order valence-corrected chi connectivity index (χ2v) is 4.07. The molecule has 5 nitrogen and oxygen atoms in total. The second kappa shape index (κ2) is 4.89. The molecule has 0 radical (unpaired) electrons. The fraction of sp³-hybridized carbons (Fsp3) is 0.0714. The lowest BCUT2D eigenvalue weighted by molar-refractivity contribution is 0.557. The van der Waals surface area contributed by atoms with Crippen LogP contribution in [0.25, 0.3) is 10.8 Å². The molecular weight excluding hydrogens is 240 g/mol. The largest absolute Gasteiger partial charge is 0.463 e. The molecule has 5 heteroatoms. The first kappa shape index (κ1) is 11.4. The summed E-state index contributed by atoms with van der Waals surface area (Å²) in [6, 6.07) is 11.6. The van der Waals surface area contributed by atoms with Crippen LogP contribution in [0.3, 0.4) is 0 Å². The van der Waals surface area contributed by atoms with Crippen molar-refractivity contribution in [2.75, 3.05) is 5.43 Å². The van der Waals surface area contributed by atoms with Gasteiger partial charge in [0, 0.05) is 10.8 Å². The fourth-order valence-electron chi connectivity index (χ4n) is 1.79. The zero-order valence-corrected chi connectivity index (χ0v) is 10.4. The summed E-state index contributed by atoms with van der Waals surface area (Å²) >= 11 is 0. The maximum Gasteiger partial charge on any atom is 0.176 e. The number of rotatable bonds is 3. The standard InChI is InChI=1S/C14H12N4O/c1-10(13-7-4-8-19-13)16-18-14-12-6-3-2-5-11(12)9-15-17-14/h2-9H,1H3,(H,17,18)/b16-10-. The van der Waals surface area contributed by atoms with Gasteiger partial charge in [-0.25, -0.2) is 0 Å². The first-order chi connectivity index (χ1) is 9.34. The van der Waals surface area contributed by atoms with Crippen LogP contribution in [0.15, 0.2) is 58.4 Å². The number of anilines is 1. The van der Waals surface area contributed by atoms with Gasteiger partial charge in [0.1, 0.15) is 11.5 Å². The van der Waals surface area contributed by atoms with E-state index in [0.29, 0.717) is 5.82 Å². The Balaban J connectivity index is 1.92. The minimum Gasteiger partial charge on any atom is -0.463 e. The van der Waals surface area contributed by atoms with Crippen molar-refractivity contribution in [1.82, 2.24) is 10.2 Å². The molecule has 3 rings (SSSR count). The molecule has 1 aromatic carbocycles. The number of fused-ring (bicyclic) bond motifs is 1. The van der Waals surface area contributed by atoms with Gasteiger partial charge in [0.25, 0.3) is 0 Å². The Morgan fingerprint density at radius 2 is 2.11 bits per heavy atom. The van der Waals surface area contributed by atoms with E-state index in [1.54, 1.807) is 12.5 Å². The summed E-state index contributed by atoms with van der Waals surface area (Å²) in [5.41, 5.74) is 3.68. The molecule has 1 N–H and O–H groups in total. The molecule has 94 valence electrons. The van der Waals surface area contributed by atoms with E-state index in [-0.39, 0.29) is 0 Å². The Morgan fingerprint density at radius 1 is 1.21 bits per heavy atom. The Morgan fingerprint density at radius 3 is 2.95 bits per heavy atom. The van der Waals surface area contributed by atoms with E-state index in [9.17, 15) is 0 Å². The van der Waals surface area contributed by atoms with Crippen molar-refractivity contribution in [2.24, 2.45) is 5.10 Å². The third kappa shape index (κ3) is 2.30. The van der Waals surface area contributed by atoms with E-state index in [1.807, 2.05) is 43.3 Å². The van der Waals surface area contributed by atoms with Gasteiger partial charge in [0.05, 0.1) is 12.5 Å². The average molecular weight is 252 g/mol. The maximum absolute atomic E-state index is 5.26.